The molecule has 0 fully saturated rings. The van der Waals surface area contributed by atoms with E-state index in [2.05, 4.69) is 0 Å². The van der Waals surface area contributed by atoms with Crippen molar-refractivity contribution in [1.29, 1.82) is 0 Å². The smallest absolute Gasteiger partial charge is 0.311 e. The maximum atomic E-state index is 11.8. The SMILES string of the molecule is CCC(C)(CC(C)(C)C(=O)OCCO)C(=O)OC. The van der Waals surface area contributed by atoms with Crippen molar-refractivity contribution in [3.63, 3.8) is 0 Å². The molecule has 106 valence electrons. The zero-order valence-electron chi connectivity index (χ0n) is 11.9. The quantitative estimate of drug-likeness (QED) is 0.703. The van der Waals surface area contributed by atoms with Crippen LogP contribution in [-0.2, 0) is 19.1 Å². The molecule has 0 spiro atoms. The minimum atomic E-state index is -0.798. The molecule has 1 unspecified atom stereocenters. The van der Waals surface area contributed by atoms with Gasteiger partial charge in [0, 0.05) is 0 Å². The van der Waals surface area contributed by atoms with Gasteiger partial charge in [-0.25, -0.2) is 0 Å². The summed E-state index contributed by atoms with van der Waals surface area (Å²) in [4.78, 5) is 23.6. The number of aliphatic hydroxyl groups excluding tert-OH is 1. The number of methoxy groups -OCH3 is 1. The van der Waals surface area contributed by atoms with Crippen molar-refractivity contribution in [1.82, 2.24) is 0 Å². The van der Waals surface area contributed by atoms with Crippen LogP contribution in [0.5, 0.6) is 0 Å². The predicted octanol–water partition coefficient (Wildman–Crippen LogP) is 1.53. The fraction of sp³-hybridized carbons (Fsp3) is 0.846. The molecule has 0 saturated carbocycles. The summed E-state index contributed by atoms with van der Waals surface area (Å²) in [5, 5.41) is 8.63. The van der Waals surface area contributed by atoms with E-state index in [0.29, 0.717) is 12.8 Å². The Labute approximate surface area is 108 Å². The summed E-state index contributed by atoms with van der Waals surface area (Å²) in [7, 11) is 1.34. The predicted molar refractivity (Wildman–Crippen MR) is 66.9 cm³/mol. The van der Waals surface area contributed by atoms with Crippen molar-refractivity contribution in [3.05, 3.63) is 0 Å². The van der Waals surface area contributed by atoms with E-state index in [9.17, 15) is 9.59 Å². The van der Waals surface area contributed by atoms with Crippen LogP contribution in [0.25, 0.3) is 0 Å². The summed E-state index contributed by atoms with van der Waals surface area (Å²) >= 11 is 0. The Bertz CT molecular complexity index is 298. The van der Waals surface area contributed by atoms with Crippen molar-refractivity contribution in [2.24, 2.45) is 10.8 Å². The maximum absolute atomic E-state index is 11.8. The molecule has 0 bridgehead atoms. The van der Waals surface area contributed by atoms with Gasteiger partial charge in [0.15, 0.2) is 0 Å². The molecule has 0 aliphatic rings. The van der Waals surface area contributed by atoms with Crippen LogP contribution < -0.4 is 0 Å². The Morgan fingerprint density at radius 2 is 1.72 bits per heavy atom. The average Bonchev–Trinajstić information content (AvgIpc) is 2.33. The van der Waals surface area contributed by atoms with E-state index in [1.54, 1.807) is 20.8 Å². The van der Waals surface area contributed by atoms with Crippen LogP contribution in [0.2, 0.25) is 0 Å². The van der Waals surface area contributed by atoms with Gasteiger partial charge in [-0.2, -0.15) is 0 Å². The van der Waals surface area contributed by atoms with E-state index in [1.807, 2.05) is 6.92 Å². The largest absolute Gasteiger partial charge is 0.469 e. The maximum Gasteiger partial charge on any atom is 0.311 e. The van der Waals surface area contributed by atoms with Gasteiger partial charge in [-0.15, -0.1) is 0 Å². The van der Waals surface area contributed by atoms with E-state index in [-0.39, 0.29) is 19.2 Å². The average molecular weight is 260 g/mol. The van der Waals surface area contributed by atoms with Gasteiger partial charge >= 0.3 is 11.9 Å². The zero-order chi connectivity index (χ0) is 14.4. The second-order valence-electron chi connectivity index (χ2n) is 5.33. The molecule has 5 nitrogen and oxygen atoms in total. The molecular weight excluding hydrogens is 236 g/mol. The summed E-state index contributed by atoms with van der Waals surface area (Å²) in [5.74, 6) is -0.742. The standard InChI is InChI=1S/C13H24O5/c1-6-13(4,11(16)17-5)9-12(2,3)10(15)18-8-7-14/h14H,6-9H2,1-5H3. The van der Waals surface area contributed by atoms with Gasteiger partial charge in [0.1, 0.15) is 6.61 Å². The molecule has 0 aromatic heterocycles. The third-order valence-electron chi connectivity index (χ3n) is 3.17. The first-order valence-corrected chi connectivity index (χ1v) is 6.10. The Hall–Kier alpha value is -1.10. The van der Waals surface area contributed by atoms with E-state index in [1.165, 1.54) is 7.11 Å². The van der Waals surface area contributed by atoms with Gasteiger partial charge in [0.2, 0.25) is 0 Å². The highest BCUT2D eigenvalue weighted by Gasteiger charge is 2.42. The summed E-state index contributed by atoms with van der Waals surface area (Å²) in [6.45, 7) is 6.88. The lowest BCUT2D eigenvalue weighted by atomic mass is 9.72. The Kier molecular flexibility index (Phi) is 6.32. The number of aliphatic hydroxyl groups is 1. The third kappa shape index (κ3) is 4.29. The number of carbonyl (C=O) groups is 2. The summed E-state index contributed by atoms with van der Waals surface area (Å²) in [6.07, 6.45) is 0.920. The van der Waals surface area contributed by atoms with Crippen molar-refractivity contribution in [2.45, 2.75) is 40.5 Å². The lowest BCUT2D eigenvalue weighted by Gasteiger charge is -2.33. The molecule has 1 atom stereocenters. The molecule has 0 aliphatic heterocycles. The van der Waals surface area contributed by atoms with Crippen LogP contribution in [0.1, 0.15) is 40.5 Å². The Morgan fingerprint density at radius 1 is 1.17 bits per heavy atom. The molecule has 0 aromatic rings. The molecule has 18 heavy (non-hydrogen) atoms. The van der Waals surface area contributed by atoms with Crippen molar-refractivity contribution in [3.8, 4) is 0 Å². The Morgan fingerprint density at radius 3 is 2.11 bits per heavy atom. The van der Waals surface area contributed by atoms with Gasteiger partial charge in [0.25, 0.3) is 0 Å². The molecule has 0 heterocycles. The highest BCUT2D eigenvalue weighted by molar-refractivity contribution is 5.80. The van der Waals surface area contributed by atoms with E-state index >= 15 is 0 Å². The third-order valence-corrected chi connectivity index (χ3v) is 3.17. The van der Waals surface area contributed by atoms with Gasteiger partial charge in [-0.05, 0) is 33.6 Å². The fourth-order valence-electron chi connectivity index (χ4n) is 1.97. The summed E-state index contributed by atoms with van der Waals surface area (Å²) in [5.41, 5.74) is -1.51. The number of hydrogen-bond donors (Lipinski definition) is 1. The molecule has 5 heteroatoms. The minimum absolute atomic E-state index is 0.0245. The molecule has 1 N–H and O–H groups in total. The first kappa shape index (κ1) is 16.9. The second-order valence-corrected chi connectivity index (χ2v) is 5.33. The van der Waals surface area contributed by atoms with Gasteiger partial charge in [-0.3, -0.25) is 9.59 Å². The lowest BCUT2D eigenvalue weighted by molar-refractivity contribution is -0.162. The van der Waals surface area contributed by atoms with Crippen LogP contribution in [0.4, 0.5) is 0 Å². The highest BCUT2D eigenvalue weighted by Crippen LogP contribution is 2.38. The fourth-order valence-corrected chi connectivity index (χ4v) is 1.97. The van der Waals surface area contributed by atoms with Crippen LogP contribution >= 0.6 is 0 Å². The van der Waals surface area contributed by atoms with Crippen LogP contribution in [0, 0.1) is 10.8 Å². The minimum Gasteiger partial charge on any atom is -0.469 e. The normalized spacial score (nSPS) is 14.8. The monoisotopic (exact) mass is 260 g/mol. The first-order valence-electron chi connectivity index (χ1n) is 6.10. The molecular formula is C13H24O5. The number of rotatable bonds is 7. The summed E-state index contributed by atoms with van der Waals surface area (Å²) in [6, 6.07) is 0. The number of carbonyl (C=O) groups excluding carboxylic acids is 2. The molecule has 0 rings (SSSR count). The number of ether oxygens (including phenoxy) is 2. The van der Waals surface area contributed by atoms with Crippen LogP contribution in [0.15, 0.2) is 0 Å². The summed E-state index contributed by atoms with van der Waals surface area (Å²) < 4.78 is 9.70. The van der Waals surface area contributed by atoms with Crippen LogP contribution in [-0.4, -0.2) is 37.4 Å². The molecule has 0 radical (unpaired) electrons. The Balaban J connectivity index is 4.81. The molecule has 0 saturated heterocycles. The molecule has 0 amide bonds. The van der Waals surface area contributed by atoms with E-state index in [0.717, 1.165) is 0 Å². The van der Waals surface area contributed by atoms with E-state index < -0.39 is 16.8 Å². The number of hydrogen-bond acceptors (Lipinski definition) is 5. The van der Waals surface area contributed by atoms with Gasteiger partial charge < -0.3 is 14.6 Å². The number of esters is 2. The van der Waals surface area contributed by atoms with Crippen molar-refractivity contribution < 1.29 is 24.2 Å². The van der Waals surface area contributed by atoms with Crippen molar-refractivity contribution in [2.75, 3.05) is 20.3 Å². The highest BCUT2D eigenvalue weighted by atomic mass is 16.5. The molecule has 0 aromatic carbocycles. The second kappa shape index (κ2) is 6.73. The van der Waals surface area contributed by atoms with Gasteiger partial charge in [-0.1, -0.05) is 6.92 Å². The molecule has 0 aliphatic carbocycles. The van der Waals surface area contributed by atoms with Crippen LogP contribution in [0.3, 0.4) is 0 Å². The van der Waals surface area contributed by atoms with Gasteiger partial charge in [0.05, 0.1) is 24.5 Å². The van der Waals surface area contributed by atoms with Crippen molar-refractivity contribution >= 4 is 11.9 Å². The lowest BCUT2D eigenvalue weighted by Crippen LogP contribution is -2.38. The van der Waals surface area contributed by atoms with E-state index in [4.69, 9.17) is 14.6 Å². The topological polar surface area (TPSA) is 72.8 Å². The zero-order valence-corrected chi connectivity index (χ0v) is 11.9. The first-order chi connectivity index (χ1) is 8.23.